The summed E-state index contributed by atoms with van der Waals surface area (Å²) in [6, 6.07) is 8.02. The number of hydrogen-bond acceptors (Lipinski definition) is 2. The molecule has 0 heterocycles. The molecule has 0 radical (unpaired) electrons. The van der Waals surface area contributed by atoms with Gasteiger partial charge in [0.1, 0.15) is 6.42 Å². The molecule has 0 saturated heterocycles. The van der Waals surface area contributed by atoms with E-state index in [1.54, 1.807) is 0 Å². The summed E-state index contributed by atoms with van der Waals surface area (Å²) in [5, 5.41) is 5.74. The number of amides is 2. The second kappa shape index (κ2) is 7.97. The van der Waals surface area contributed by atoms with Crippen LogP contribution in [0.15, 0.2) is 24.3 Å². The molecule has 1 saturated carbocycles. The fourth-order valence-electron chi connectivity index (χ4n) is 2.83. The molecule has 0 unspecified atom stereocenters. The minimum absolute atomic E-state index is 0.109. The molecule has 4 heteroatoms. The highest BCUT2D eigenvalue weighted by molar-refractivity contribution is 6.03. The Labute approximate surface area is 132 Å². The molecule has 1 aliphatic carbocycles. The van der Waals surface area contributed by atoms with Crippen molar-refractivity contribution in [3.63, 3.8) is 0 Å². The summed E-state index contributed by atoms with van der Waals surface area (Å²) < 4.78 is 0. The highest BCUT2D eigenvalue weighted by Gasteiger charge is 2.17. The van der Waals surface area contributed by atoms with Crippen LogP contribution in [0.1, 0.15) is 63.9 Å². The van der Waals surface area contributed by atoms with E-state index < -0.39 is 0 Å². The molecular weight excluding hydrogens is 276 g/mol. The number of anilines is 1. The van der Waals surface area contributed by atoms with Crippen molar-refractivity contribution >= 4 is 17.5 Å². The first-order valence-electron chi connectivity index (χ1n) is 8.24. The molecule has 1 aromatic carbocycles. The Morgan fingerprint density at radius 1 is 1.05 bits per heavy atom. The third-order valence-corrected chi connectivity index (χ3v) is 4.15. The molecule has 2 rings (SSSR count). The summed E-state index contributed by atoms with van der Waals surface area (Å²) in [5.74, 6) is 0.0276. The van der Waals surface area contributed by atoms with Gasteiger partial charge in [0.25, 0.3) is 0 Å². The van der Waals surface area contributed by atoms with Crippen LogP contribution >= 0.6 is 0 Å². The number of rotatable bonds is 5. The normalized spacial score (nSPS) is 15.6. The van der Waals surface area contributed by atoms with Gasteiger partial charge in [-0.2, -0.15) is 0 Å². The van der Waals surface area contributed by atoms with E-state index in [-0.39, 0.29) is 24.3 Å². The summed E-state index contributed by atoms with van der Waals surface area (Å²) >= 11 is 0. The summed E-state index contributed by atoms with van der Waals surface area (Å²) in [6.07, 6.45) is 5.54. The Balaban J connectivity index is 1.77. The van der Waals surface area contributed by atoms with Gasteiger partial charge in [0, 0.05) is 11.7 Å². The van der Waals surface area contributed by atoms with Crippen molar-refractivity contribution in [2.24, 2.45) is 0 Å². The van der Waals surface area contributed by atoms with E-state index >= 15 is 0 Å². The average Bonchev–Trinajstić information content (AvgIpc) is 2.48. The molecule has 0 aliphatic heterocycles. The molecule has 1 aromatic rings. The Hall–Kier alpha value is -1.84. The first kappa shape index (κ1) is 16.5. The lowest BCUT2D eigenvalue weighted by Gasteiger charge is -2.22. The van der Waals surface area contributed by atoms with Crippen LogP contribution in [0.2, 0.25) is 0 Å². The lowest BCUT2D eigenvalue weighted by molar-refractivity contribution is -0.127. The Morgan fingerprint density at radius 2 is 1.68 bits per heavy atom. The molecule has 0 bridgehead atoms. The van der Waals surface area contributed by atoms with Gasteiger partial charge in [0.2, 0.25) is 11.8 Å². The summed E-state index contributed by atoms with van der Waals surface area (Å²) in [5.41, 5.74) is 1.97. The monoisotopic (exact) mass is 302 g/mol. The van der Waals surface area contributed by atoms with Crippen LogP contribution in [0.25, 0.3) is 0 Å². The fraction of sp³-hybridized carbons (Fsp3) is 0.556. The third-order valence-electron chi connectivity index (χ3n) is 4.15. The van der Waals surface area contributed by atoms with Crippen LogP contribution in [0.5, 0.6) is 0 Å². The van der Waals surface area contributed by atoms with Gasteiger partial charge in [-0.1, -0.05) is 45.2 Å². The molecule has 1 aliphatic rings. The second-order valence-electron chi connectivity index (χ2n) is 6.40. The second-order valence-corrected chi connectivity index (χ2v) is 6.40. The topological polar surface area (TPSA) is 58.2 Å². The smallest absolute Gasteiger partial charge is 0.233 e. The highest BCUT2D eigenvalue weighted by Crippen LogP contribution is 2.18. The van der Waals surface area contributed by atoms with Crippen molar-refractivity contribution in [2.75, 3.05) is 5.32 Å². The minimum Gasteiger partial charge on any atom is -0.353 e. The zero-order valence-corrected chi connectivity index (χ0v) is 13.5. The van der Waals surface area contributed by atoms with Crippen LogP contribution in [0, 0.1) is 0 Å². The Bertz CT molecular complexity index is 502. The maximum absolute atomic E-state index is 11.9. The molecule has 120 valence electrons. The predicted octanol–water partition coefficient (Wildman–Crippen LogP) is 3.59. The maximum atomic E-state index is 11.9. The van der Waals surface area contributed by atoms with Crippen LogP contribution in [0.4, 0.5) is 5.69 Å². The SMILES string of the molecule is CC(C)c1ccc(NC(=O)CC(=O)NC2CCCCC2)cc1. The minimum atomic E-state index is -0.259. The maximum Gasteiger partial charge on any atom is 0.233 e. The van der Waals surface area contributed by atoms with E-state index in [1.165, 1.54) is 24.8 Å². The first-order valence-corrected chi connectivity index (χ1v) is 8.24. The van der Waals surface area contributed by atoms with Gasteiger partial charge in [0.15, 0.2) is 0 Å². The molecule has 0 aromatic heterocycles. The van der Waals surface area contributed by atoms with E-state index in [2.05, 4.69) is 24.5 Å². The van der Waals surface area contributed by atoms with E-state index in [0.717, 1.165) is 18.5 Å². The van der Waals surface area contributed by atoms with E-state index in [4.69, 9.17) is 0 Å². The summed E-state index contributed by atoms with van der Waals surface area (Å²) in [7, 11) is 0. The largest absolute Gasteiger partial charge is 0.353 e. The standard InChI is InChI=1S/C18H26N2O2/c1-13(2)14-8-10-16(11-9-14)20-18(22)12-17(21)19-15-6-4-3-5-7-15/h8-11,13,15H,3-7,12H2,1-2H3,(H,19,21)(H,20,22). The number of hydrogen-bond donors (Lipinski definition) is 2. The number of benzene rings is 1. The molecule has 4 nitrogen and oxygen atoms in total. The van der Waals surface area contributed by atoms with E-state index in [1.807, 2.05) is 24.3 Å². The van der Waals surface area contributed by atoms with Crippen molar-refractivity contribution in [1.82, 2.24) is 5.32 Å². The zero-order valence-electron chi connectivity index (χ0n) is 13.5. The van der Waals surface area contributed by atoms with Crippen molar-refractivity contribution in [3.8, 4) is 0 Å². The highest BCUT2D eigenvalue weighted by atomic mass is 16.2. The third kappa shape index (κ3) is 5.17. The number of carbonyl (C=O) groups excluding carboxylic acids is 2. The van der Waals surface area contributed by atoms with Crippen LogP contribution in [-0.2, 0) is 9.59 Å². The van der Waals surface area contributed by atoms with Gasteiger partial charge >= 0.3 is 0 Å². The first-order chi connectivity index (χ1) is 10.5. The van der Waals surface area contributed by atoms with Gasteiger partial charge in [-0.3, -0.25) is 9.59 Å². The number of carbonyl (C=O) groups is 2. The molecule has 2 amide bonds. The van der Waals surface area contributed by atoms with Crippen molar-refractivity contribution in [2.45, 2.75) is 64.3 Å². The van der Waals surface area contributed by atoms with Gasteiger partial charge in [-0.25, -0.2) is 0 Å². The van der Waals surface area contributed by atoms with E-state index in [0.29, 0.717) is 5.92 Å². The van der Waals surface area contributed by atoms with Gasteiger partial charge < -0.3 is 10.6 Å². The molecule has 2 N–H and O–H groups in total. The lowest BCUT2D eigenvalue weighted by atomic mass is 9.95. The number of nitrogens with one attached hydrogen (secondary N) is 2. The van der Waals surface area contributed by atoms with E-state index in [9.17, 15) is 9.59 Å². The molecule has 1 fully saturated rings. The summed E-state index contributed by atoms with van der Waals surface area (Å²) in [6.45, 7) is 4.26. The lowest BCUT2D eigenvalue weighted by Crippen LogP contribution is -2.37. The molecular formula is C18H26N2O2. The van der Waals surface area contributed by atoms with Crippen LogP contribution in [0.3, 0.4) is 0 Å². The predicted molar refractivity (Wildman–Crippen MR) is 88.8 cm³/mol. The van der Waals surface area contributed by atoms with Crippen LogP contribution < -0.4 is 10.6 Å². The van der Waals surface area contributed by atoms with Gasteiger partial charge in [0.05, 0.1) is 0 Å². The molecule has 0 spiro atoms. The zero-order chi connectivity index (χ0) is 15.9. The van der Waals surface area contributed by atoms with Crippen molar-refractivity contribution in [1.29, 1.82) is 0 Å². The Kier molecular flexibility index (Phi) is 5.99. The summed E-state index contributed by atoms with van der Waals surface area (Å²) in [4.78, 5) is 23.8. The molecule has 22 heavy (non-hydrogen) atoms. The molecule has 0 atom stereocenters. The van der Waals surface area contributed by atoms with Crippen LogP contribution in [-0.4, -0.2) is 17.9 Å². The Morgan fingerprint density at radius 3 is 2.27 bits per heavy atom. The van der Waals surface area contributed by atoms with Crippen molar-refractivity contribution in [3.05, 3.63) is 29.8 Å². The quantitative estimate of drug-likeness (QED) is 0.817. The van der Waals surface area contributed by atoms with Crippen molar-refractivity contribution < 1.29 is 9.59 Å². The van der Waals surface area contributed by atoms with Gasteiger partial charge in [-0.05, 0) is 36.5 Å². The average molecular weight is 302 g/mol. The van der Waals surface area contributed by atoms with Gasteiger partial charge in [-0.15, -0.1) is 0 Å². The fourth-order valence-corrected chi connectivity index (χ4v) is 2.83.